The van der Waals surface area contributed by atoms with Crippen molar-refractivity contribution in [2.24, 2.45) is 0 Å². The molecule has 0 atom stereocenters. The lowest BCUT2D eigenvalue weighted by Crippen LogP contribution is -2.22. The topological polar surface area (TPSA) is 101 Å². The number of aromatic nitrogens is 1. The van der Waals surface area contributed by atoms with Crippen LogP contribution in [-0.4, -0.2) is 42.5 Å². The zero-order valence-electron chi connectivity index (χ0n) is 22.3. The van der Waals surface area contributed by atoms with Gasteiger partial charge in [-0.15, -0.1) is 0 Å². The van der Waals surface area contributed by atoms with E-state index in [1.807, 2.05) is 72.8 Å². The van der Waals surface area contributed by atoms with E-state index in [-0.39, 0.29) is 34.8 Å². The van der Waals surface area contributed by atoms with Gasteiger partial charge in [-0.2, -0.15) is 0 Å². The number of aromatic hydroxyl groups is 1. The molecule has 1 heterocycles. The highest BCUT2D eigenvalue weighted by Crippen LogP contribution is 2.40. The normalized spacial score (nSPS) is 12.1. The molecular formula is C28H38N4O3. The van der Waals surface area contributed by atoms with Crippen molar-refractivity contribution in [3.63, 3.8) is 0 Å². The number of carbonyl (C=O) groups is 2. The largest absolute Gasteiger partial charge is 0.507 e. The minimum Gasteiger partial charge on any atom is -0.507 e. The molecule has 3 rings (SSSR count). The Balaban J connectivity index is 2.10. The second-order valence-corrected chi connectivity index (χ2v) is 11.4. The van der Waals surface area contributed by atoms with E-state index in [1.54, 1.807) is 29.8 Å². The third-order valence-corrected chi connectivity index (χ3v) is 6.36. The third kappa shape index (κ3) is 4.99. The van der Waals surface area contributed by atoms with Crippen LogP contribution in [0.5, 0.6) is 5.75 Å². The number of hydrogen-bond acceptors (Lipinski definition) is 5. The van der Waals surface area contributed by atoms with Gasteiger partial charge in [-0.1, -0.05) is 41.5 Å². The molecule has 0 bridgehead atoms. The van der Waals surface area contributed by atoms with Crippen molar-refractivity contribution >= 4 is 34.0 Å². The molecule has 0 saturated carbocycles. The molecule has 0 spiro atoms. The Bertz CT molecular complexity index is 1270. The van der Waals surface area contributed by atoms with Gasteiger partial charge in [0.1, 0.15) is 11.6 Å². The number of benzene rings is 2. The molecule has 2 aromatic carbocycles. The predicted octanol–water partition coefficient (Wildman–Crippen LogP) is 4.83. The van der Waals surface area contributed by atoms with Crippen LogP contribution in [0.4, 0.5) is 11.5 Å². The molecular weight excluding hydrogens is 440 g/mol. The number of hydrogen-bond donors (Lipinski definition) is 3. The molecule has 0 aliphatic carbocycles. The highest BCUT2D eigenvalue weighted by molar-refractivity contribution is 6.07. The van der Waals surface area contributed by atoms with Crippen molar-refractivity contribution in [2.75, 3.05) is 31.8 Å². The van der Waals surface area contributed by atoms with Crippen LogP contribution < -0.4 is 16.0 Å². The molecule has 3 aromatic rings. The van der Waals surface area contributed by atoms with Crippen molar-refractivity contribution in [2.45, 2.75) is 58.9 Å². The maximum absolute atomic E-state index is 13.5. The number of phenolic OH excluding ortho intramolecular Hbond substituents is 1. The molecule has 35 heavy (non-hydrogen) atoms. The van der Waals surface area contributed by atoms with Crippen LogP contribution in [0.1, 0.15) is 73.4 Å². The van der Waals surface area contributed by atoms with Crippen LogP contribution >= 0.6 is 0 Å². The molecule has 7 nitrogen and oxygen atoms in total. The van der Waals surface area contributed by atoms with Gasteiger partial charge in [-0.05, 0) is 35.1 Å². The summed E-state index contributed by atoms with van der Waals surface area (Å²) in [5, 5.41) is 15.2. The average Bonchev–Trinajstić information content (AvgIpc) is 3.05. The molecule has 188 valence electrons. The molecule has 1 aromatic heterocycles. The van der Waals surface area contributed by atoms with E-state index in [2.05, 4.69) is 5.32 Å². The molecule has 0 aliphatic rings. The zero-order chi connectivity index (χ0) is 26.5. The number of amides is 1. The van der Waals surface area contributed by atoms with Gasteiger partial charge >= 0.3 is 0 Å². The number of nitrogens with zero attached hydrogens (tertiary/aromatic N) is 2. The molecule has 0 unspecified atom stereocenters. The Hall–Kier alpha value is -3.48. The van der Waals surface area contributed by atoms with Gasteiger partial charge < -0.3 is 25.6 Å². The Labute approximate surface area is 207 Å². The van der Waals surface area contributed by atoms with E-state index in [0.717, 1.165) is 27.6 Å². The lowest BCUT2D eigenvalue weighted by molar-refractivity contribution is 0.0959. The van der Waals surface area contributed by atoms with E-state index >= 15 is 0 Å². The predicted molar refractivity (Wildman–Crippen MR) is 144 cm³/mol. The quantitative estimate of drug-likeness (QED) is 0.456. The first-order chi connectivity index (χ1) is 16.1. The lowest BCUT2D eigenvalue weighted by Gasteiger charge is -2.28. The van der Waals surface area contributed by atoms with Crippen LogP contribution in [0.25, 0.3) is 10.8 Å². The van der Waals surface area contributed by atoms with E-state index in [9.17, 15) is 14.7 Å². The number of carbonyl (C=O) groups excluding carboxylic acids is 2. The first-order valence-corrected chi connectivity index (χ1v) is 11.8. The Kier molecular flexibility index (Phi) is 6.68. The summed E-state index contributed by atoms with van der Waals surface area (Å²) in [7, 11) is 5.35. The van der Waals surface area contributed by atoms with Gasteiger partial charge in [0, 0.05) is 60.5 Å². The van der Waals surface area contributed by atoms with Crippen molar-refractivity contribution < 1.29 is 14.7 Å². The molecule has 7 heteroatoms. The van der Waals surface area contributed by atoms with Crippen LogP contribution in [-0.2, 0) is 17.4 Å². The zero-order valence-corrected chi connectivity index (χ0v) is 22.3. The van der Waals surface area contributed by atoms with Crippen LogP contribution in [0.2, 0.25) is 0 Å². The fourth-order valence-electron chi connectivity index (χ4n) is 4.33. The Morgan fingerprint density at radius 1 is 1.00 bits per heavy atom. The number of nitrogen functional groups attached to an aromatic ring is 1. The fraction of sp³-hybridized carbons (Fsp3) is 0.429. The van der Waals surface area contributed by atoms with E-state index < -0.39 is 0 Å². The summed E-state index contributed by atoms with van der Waals surface area (Å²) in [4.78, 5) is 27.8. The summed E-state index contributed by atoms with van der Waals surface area (Å²) in [5.41, 5.74) is 9.09. The van der Waals surface area contributed by atoms with Crippen molar-refractivity contribution in [3.8, 4) is 5.75 Å². The number of ketones is 1. The molecule has 0 radical (unpaired) electrons. The Morgan fingerprint density at radius 3 is 2.00 bits per heavy atom. The van der Waals surface area contributed by atoms with Crippen molar-refractivity contribution in [1.82, 2.24) is 9.88 Å². The second kappa shape index (κ2) is 8.95. The number of anilines is 2. The minimum absolute atomic E-state index is 0.0467. The van der Waals surface area contributed by atoms with Gasteiger partial charge in [-0.3, -0.25) is 9.59 Å². The monoisotopic (exact) mass is 478 g/mol. The average molecular weight is 479 g/mol. The second-order valence-electron chi connectivity index (χ2n) is 11.4. The van der Waals surface area contributed by atoms with Crippen molar-refractivity contribution in [1.29, 1.82) is 0 Å². The van der Waals surface area contributed by atoms with Gasteiger partial charge in [0.2, 0.25) is 0 Å². The number of Topliss-reactive ketones (excluding diaryl/α,β-unsaturated/α-hetero) is 1. The first-order valence-electron chi connectivity index (χ1n) is 11.8. The molecule has 0 saturated heterocycles. The summed E-state index contributed by atoms with van der Waals surface area (Å²) in [5.74, 6) is 0.361. The smallest absolute Gasteiger partial charge is 0.253 e. The van der Waals surface area contributed by atoms with Gasteiger partial charge in [-0.25, -0.2) is 0 Å². The molecule has 0 aliphatic heterocycles. The third-order valence-electron chi connectivity index (χ3n) is 6.36. The summed E-state index contributed by atoms with van der Waals surface area (Å²) >= 11 is 0. The van der Waals surface area contributed by atoms with Crippen LogP contribution in [0, 0.1) is 0 Å². The summed E-state index contributed by atoms with van der Waals surface area (Å²) < 4.78 is 1.72. The minimum atomic E-state index is -0.333. The van der Waals surface area contributed by atoms with Crippen LogP contribution in [0.15, 0.2) is 30.5 Å². The SMILES string of the molecule is CNC(=O)c1cc2c(N)n(CC(=O)c3cc(C(C)(C)C)c(O)c(C(C)(C)C)c3)cc2cc1N(C)C. The highest BCUT2D eigenvalue weighted by Gasteiger charge is 2.28. The summed E-state index contributed by atoms with van der Waals surface area (Å²) in [6, 6.07) is 7.27. The van der Waals surface area contributed by atoms with Gasteiger partial charge in [0.15, 0.2) is 5.78 Å². The van der Waals surface area contributed by atoms with Gasteiger partial charge in [0.05, 0.1) is 12.1 Å². The first kappa shape index (κ1) is 26.1. The van der Waals surface area contributed by atoms with Crippen molar-refractivity contribution in [3.05, 3.63) is 52.7 Å². The number of rotatable bonds is 5. The van der Waals surface area contributed by atoms with E-state index in [1.165, 1.54) is 0 Å². The summed E-state index contributed by atoms with van der Waals surface area (Å²) in [6.45, 7) is 12.2. The fourth-order valence-corrected chi connectivity index (χ4v) is 4.33. The molecule has 1 amide bonds. The highest BCUT2D eigenvalue weighted by atomic mass is 16.3. The van der Waals surface area contributed by atoms with Crippen LogP contribution in [0.3, 0.4) is 0 Å². The number of fused-ring (bicyclic) bond motifs is 1. The van der Waals surface area contributed by atoms with E-state index in [4.69, 9.17) is 5.73 Å². The van der Waals surface area contributed by atoms with E-state index in [0.29, 0.717) is 16.9 Å². The summed E-state index contributed by atoms with van der Waals surface area (Å²) in [6.07, 6.45) is 1.85. The lowest BCUT2D eigenvalue weighted by atomic mass is 9.78. The standard InChI is InChI=1S/C28H38N4O3/c1-27(2,3)20-10-16(11-21(24(20)34)28(4,5)6)23(33)15-32-14-17-12-22(31(8)9)19(26(35)30-7)13-18(17)25(32)29/h10-14,34H,15,29H2,1-9H3,(H,30,35). The maximum Gasteiger partial charge on any atom is 0.253 e. The molecule has 4 N–H and O–H groups in total. The Morgan fingerprint density at radius 2 is 1.54 bits per heavy atom. The number of nitrogens with one attached hydrogen (secondary N) is 1. The maximum atomic E-state index is 13.5. The number of nitrogens with two attached hydrogens (primary N) is 1. The van der Waals surface area contributed by atoms with Gasteiger partial charge in [0.25, 0.3) is 5.91 Å². The number of phenols is 1. The molecule has 0 fully saturated rings.